The molecule has 0 bridgehead atoms. The zero-order chi connectivity index (χ0) is 35.4. The number of rotatable bonds is 12. The molecule has 5 rings (SSSR count). The van der Waals surface area contributed by atoms with Gasteiger partial charge in [-0.3, -0.25) is 19.2 Å². The number of urea groups is 1. The maximum absolute atomic E-state index is 14.4. The van der Waals surface area contributed by atoms with Gasteiger partial charge in [-0.25, -0.2) is 13.2 Å². The number of furan rings is 1. The van der Waals surface area contributed by atoms with E-state index < -0.39 is 68.5 Å². The summed E-state index contributed by atoms with van der Waals surface area (Å²) in [6.45, 7) is 11.4. The number of nitrogens with zero attached hydrogens (tertiary/aromatic N) is 1. The number of likely N-dealkylation sites (tertiary alicyclic amines) is 1. The van der Waals surface area contributed by atoms with Crippen molar-refractivity contribution < 1.29 is 36.8 Å². The number of carbonyl (C=O) groups is 5. The monoisotopic (exact) mass is 689 g/mol. The Morgan fingerprint density at radius 1 is 1.06 bits per heavy atom. The number of amides is 5. The molecule has 5 N–H and O–H groups in total. The van der Waals surface area contributed by atoms with Crippen molar-refractivity contribution in [2.45, 2.75) is 121 Å². The SMILES string of the molecule is Cc1occc1S(=O)(=O)CC1(NC(=O)N[C@H](C(=O)N2C[C@@H]3C([C@H]2C(=O)NC(CC2CC2)C(=O)C(N)=O)C3(C)C)C(C)(C)C)CCCCC1. The molecule has 1 saturated heterocycles. The largest absolute Gasteiger partial charge is 0.468 e. The van der Waals surface area contributed by atoms with Gasteiger partial charge in [0, 0.05) is 6.54 Å². The van der Waals surface area contributed by atoms with Crippen molar-refractivity contribution >= 4 is 39.4 Å². The van der Waals surface area contributed by atoms with Crippen molar-refractivity contribution in [1.29, 1.82) is 0 Å². The van der Waals surface area contributed by atoms with Gasteiger partial charge in [0.05, 0.1) is 23.6 Å². The van der Waals surface area contributed by atoms with E-state index in [-0.39, 0.29) is 39.6 Å². The van der Waals surface area contributed by atoms with Gasteiger partial charge in [-0.05, 0) is 60.8 Å². The maximum Gasteiger partial charge on any atom is 0.315 e. The van der Waals surface area contributed by atoms with Gasteiger partial charge >= 0.3 is 6.03 Å². The maximum atomic E-state index is 14.4. The molecule has 5 amide bonds. The van der Waals surface area contributed by atoms with E-state index in [4.69, 9.17) is 10.2 Å². The third-order valence-electron chi connectivity index (χ3n) is 11.1. The Hall–Kier alpha value is -3.42. The lowest BCUT2D eigenvalue weighted by Crippen LogP contribution is -2.63. The molecule has 48 heavy (non-hydrogen) atoms. The summed E-state index contributed by atoms with van der Waals surface area (Å²) >= 11 is 0. The fourth-order valence-electron chi connectivity index (χ4n) is 8.05. The molecule has 0 aromatic carbocycles. The third-order valence-corrected chi connectivity index (χ3v) is 13.1. The van der Waals surface area contributed by atoms with Crippen molar-refractivity contribution in [2.24, 2.45) is 34.3 Å². The highest BCUT2D eigenvalue weighted by Crippen LogP contribution is 2.65. The molecule has 1 aromatic heterocycles. The van der Waals surface area contributed by atoms with E-state index in [1.807, 2.05) is 34.6 Å². The number of hydrogen-bond donors (Lipinski definition) is 4. The summed E-state index contributed by atoms with van der Waals surface area (Å²) in [5.74, 6) is -2.84. The van der Waals surface area contributed by atoms with Crippen LogP contribution in [0, 0.1) is 35.5 Å². The molecular weight excluding hydrogens is 638 g/mol. The van der Waals surface area contributed by atoms with Crippen LogP contribution in [0.4, 0.5) is 4.79 Å². The first kappa shape index (κ1) is 35.9. The third kappa shape index (κ3) is 7.28. The van der Waals surface area contributed by atoms with Crippen molar-refractivity contribution in [1.82, 2.24) is 20.9 Å². The van der Waals surface area contributed by atoms with E-state index >= 15 is 0 Å². The van der Waals surface area contributed by atoms with Crippen molar-refractivity contribution in [3.63, 3.8) is 0 Å². The number of sulfone groups is 1. The minimum atomic E-state index is -3.80. The molecule has 14 heteroatoms. The second kappa shape index (κ2) is 12.8. The summed E-state index contributed by atoms with van der Waals surface area (Å²) in [5, 5.41) is 8.58. The van der Waals surface area contributed by atoms with E-state index in [0.29, 0.717) is 25.8 Å². The molecule has 1 aromatic rings. The number of nitrogens with two attached hydrogens (primary N) is 1. The highest BCUT2D eigenvalue weighted by atomic mass is 32.2. The number of carbonyl (C=O) groups excluding carboxylic acids is 5. The second-order valence-electron chi connectivity index (χ2n) is 16.2. The molecule has 5 atom stereocenters. The zero-order valence-electron chi connectivity index (χ0n) is 28.9. The molecular formula is C34H51N5O8S. The Kier molecular flexibility index (Phi) is 9.56. The van der Waals surface area contributed by atoms with Crippen LogP contribution in [0.3, 0.4) is 0 Å². The number of aryl methyl sites for hydroxylation is 1. The minimum absolute atomic E-state index is 0.0439. The summed E-state index contributed by atoms with van der Waals surface area (Å²) in [4.78, 5) is 68.1. The van der Waals surface area contributed by atoms with E-state index in [1.165, 1.54) is 17.2 Å². The van der Waals surface area contributed by atoms with Gasteiger partial charge in [-0.2, -0.15) is 0 Å². The first-order valence-corrected chi connectivity index (χ1v) is 18.7. The Morgan fingerprint density at radius 2 is 1.71 bits per heavy atom. The lowest BCUT2D eigenvalue weighted by molar-refractivity contribution is -0.145. The number of piperidine rings is 1. The Bertz CT molecular complexity index is 1570. The number of ketones is 1. The second-order valence-corrected chi connectivity index (χ2v) is 18.2. The smallest absolute Gasteiger partial charge is 0.315 e. The molecule has 1 aliphatic heterocycles. The van der Waals surface area contributed by atoms with Crippen molar-refractivity contribution in [3.05, 3.63) is 18.1 Å². The quantitative estimate of drug-likeness (QED) is 0.240. The van der Waals surface area contributed by atoms with E-state index in [1.54, 1.807) is 6.92 Å². The van der Waals surface area contributed by atoms with Crippen LogP contribution < -0.4 is 21.7 Å². The van der Waals surface area contributed by atoms with Gasteiger partial charge < -0.3 is 31.0 Å². The molecule has 4 aliphatic rings. The lowest BCUT2D eigenvalue weighted by atomic mass is 9.83. The Labute approximate surface area is 282 Å². The molecule has 4 fully saturated rings. The summed E-state index contributed by atoms with van der Waals surface area (Å²) in [5.41, 5.74) is 3.26. The molecule has 2 heterocycles. The van der Waals surface area contributed by atoms with Gasteiger partial charge in [-0.1, -0.05) is 66.7 Å². The summed E-state index contributed by atoms with van der Waals surface area (Å²) in [6, 6.07) is -2.26. The number of fused-ring (bicyclic) bond motifs is 1. The number of nitrogens with one attached hydrogen (secondary N) is 3. The minimum Gasteiger partial charge on any atom is -0.468 e. The fraction of sp³-hybridized carbons (Fsp3) is 0.735. The van der Waals surface area contributed by atoms with Crippen LogP contribution in [-0.2, 0) is 29.0 Å². The van der Waals surface area contributed by atoms with Crippen LogP contribution in [-0.4, -0.2) is 78.8 Å². The number of hydrogen-bond acceptors (Lipinski definition) is 8. The normalized spacial score (nSPS) is 25.7. The van der Waals surface area contributed by atoms with Crippen LogP contribution >= 0.6 is 0 Å². The fourth-order valence-corrected chi connectivity index (χ4v) is 10.0. The van der Waals surface area contributed by atoms with Gasteiger partial charge in [0.15, 0.2) is 9.84 Å². The summed E-state index contributed by atoms with van der Waals surface area (Å²) in [7, 11) is -3.80. The van der Waals surface area contributed by atoms with Crippen molar-refractivity contribution in [3.8, 4) is 0 Å². The van der Waals surface area contributed by atoms with Crippen LogP contribution in [0.25, 0.3) is 0 Å². The average Bonchev–Trinajstić information content (AvgIpc) is 3.73. The lowest BCUT2D eigenvalue weighted by Gasteiger charge is -2.40. The highest BCUT2D eigenvalue weighted by molar-refractivity contribution is 7.91. The number of Topliss-reactive ketones (excluding diaryl/α,β-unsaturated/α-hetero) is 1. The highest BCUT2D eigenvalue weighted by Gasteiger charge is 2.70. The summed E-state index contributed by atoms with van der Waals surface area (Å²) in [6.07, 6.45) is 6.78. The molecule has 3 aliphatic carbocycles. The average molecular weight is 690 g/mol. The van der Waals surface area contributed by atoms with E-state index in [2.05, 4.69) is 16.0 Å². The molecule has 2 unspecified atom stereocenters. The van der Waals surface area contributed by atoms with Crippen LogP contribution in [0.5, 0.6) is 0 Å². The standard InChI is InChI=1S/C34H51N5O8S/c1-19-23(12-15-47-19)48(45,46)18-34(13-8-7-9-14-34)38-31(44)37-27(32(2,3)4)30(43)39-17-21-24(33(21,5)6)25(39)29(42)36-22(16-20-10-11-20)26(40)28(35)41/h12,15,20-22,24-25,27H,7-11,13-14,16-18H2,1-6H3,(H2,35,41)(H,36,42)(H2,37,38,44)/t21-,22?,24?,25+,27-/m1/s1. The topological polar surface area (TPSA) is 198 Å². The molecule has 13 nitrogen and oxygen atoms in total. The van der Waals surface area contributed by atoms with Gasteiger partial charge in [-0.15, -0.1) is 0 Å². The van der Waals surface area contributed by atoms with Crippen LogP contribution in [0.2, 0.25) is 0 Å². The van der Waals surface area contributed by atoms with E-state index in [0.717, 1.165) is 32.1 Å². The van der Waals surface area contributed by atoms with Crippen LogP contribution in [0.15, 0.2) is 21.6 Å². The van der Waals surface area contributed by atoms with Gasteiger partial charge in [0.25, 0.3) is 5.91 Å². The zero-order valence-corrected chi connectivity index (χ0v) is 29.7. The molecule has 266 valence electrons. The van der Waals surface area contributed by atoms with E-state index in [9.17, 15) is 32.4 Å². The van der Waals surface area contributed by atoms with Gasteiger partial charge in [0.1, 0.15) is 22.7 Å². The predicted octanol–water partition coefficient (Wildman–Crippen LogP) is 2.60. The molecule has 0 spiro atoms. The molecule has 0 radical (unpaired) electrons. The number of primary amides is 1. The first-order chi connectivity index (χ1) is 22.3. The Morgan fingerprint density at radius 3 is 2.25 bits per heavy atom. The van der Waals surface area contributed by atoms with Gasteiger partial charge in [0.2, 0.25) is 17.6 Å². The molecule has 3 saturated carbocycles. The summed E-state index contributed by atoms with van der Waals surface area (Å²) < 4.78 is 32.2. The van der Waals surface area contributed by atoms with Crippen molar-refractivity contribution in [2.75, 3.05) is 12.3 Å². The first-order valence-electron chi connectivity index (χ1n) is 17.1. The predicted molar refractivity (Wildman–Crippen MR) is 176 cm³/mol. The Balaban J connectivity index is 1.35. The van der Waals surface area contributed by atoms with Crippen LogP contribution in [0.1, 0.15) is 91.7 Å².